The smallest absolute Gasteiger partial charge is 0.248 e. The molecule has 0 saturated carbocycles. The Balaban J connectivity index is 1.99. The number of sulfone groups is 1. The lowest BCUT2D eigenvalue weighted by Crippen LogP contribution is -2.29. The van der Waals surface area contributed by atoms with Crippen LogP contribution in [0.5, 0.6) is 0 Å². The fraction of sp³-hybridized carbons (Fsp3) is 0.462. The fourth-order valence-corrected chi connectivity index (χ4v) is 3.97. The van der Waals surface area contributed by atoms with Gasteiger partial charge in [0.1, 0.15) is 0 Å². The number of hydrogen-bond acceptors (Lipinski definition) is 4. The third kappa shape index (κ3) is 3.54. The van der Waals surface area contributed by atoms with Crippen molar-refractivity contribution in [1.29, 1.82) is 0 Å². The number of amides is 1. The van der Waals surface area contributed by atoms with Crippen LogP contribution >= 0.6 is 0 Å². The quantitative estimate of drug-likeness (QED) is 0.835. The van der Waals surface area contributed by atoms with Gasteiger partial charge >= 0.3 is 0 Å². The summed E-state index contributed by atoms with van der Waals surface area (Å²) in [5.41, 5.74) is 7.73. The van der Waals surface area contributed by atoms with Crippen LogP contribution in [0.3, 0.4) is 0 Å². The molecule has 1 unspecified atom stereocenters. The van der Waals surface area contributed by atoms with E-state index in [0.29, 0.717) is 18.5 Å². The molecule has 1 aliphatic rings. The first-order valence-electron chi connectivity index (χ1n) is 6.20. The van der Waals surface area contributed by atoms with Crippen LogP contribution in [0.4, 0.5) is 0 Å². The molecule has 0 aliphatic carbocycles. The van der Waals surface area contributed by atoms with E-state index in [0.717, 1.165) is 11.1 Å². The lowest BCUT2D eigenvalue weighted by atomic mass is 10.0. The molecule has 104 valence electrons. The fourth-order valence-electron chi connectivity index (χ4n) is 2.26. The third-order valence-electron chi connectivity index (χ3n) is 3.44. The molecular weight excluding hydrogens is 264 g/mol. The molecule has 1 fully saturated rings. The number of rotatable bonds is 4. The Morgan fingerprint density at radius 3 is 2.74 bits per heavy atom. The molecule has 0 spiro atoms. The topological polar surface area (TPSA) is 89.3 Å². The SMILES string of the molecule is Cc1cc(C(N)=O)ccc1CNC1CCS(=O)(=O)C1. The molecule has 1 aromatic carbocycles. The molecule has 3 N–H and O–H groups in total. The van der Waals surface area contributed by atoms with Crippen LogP contribution < -0.4 is 11.1 Å². The van der Waals surface area contributed by atoms with Crippen LogP contribution in [0.15, 0.2) is 18.2 Å². The van der Waals surface area contributed by atoms with Crippen molar-refractivity contribution in [3.05, 3.63) is 34.9 Å². The van der Waals surface area contributed by atoms with Crippen molar-refractivity contribution in [1.82, 2.24) is 5.32 Å². The molecule has 19 heavy (non-hydrogen) atoms. The highest BCUT2D eigenvalue weighted by Crippen LogP contribution is 2.14. The number of primary amides is 1. The molecule has 1 aliphatic heterocycles. The Morgan fingerprint density at radius 2 is 2.21 bits per heavy atom. The highest BCUT2D eigenvalue weighted by atomic mass is 32.2. The summed E-state index contributed by atoms with van der Waals surface area (Å²) in [6.45, 7) is 2.51. The maximum absolute atomic E-state index is 11.3. The zero-order valence-electron chi connectivity index (χ0n) is 10.8. The van der Waals surface area contributed by atoms with Crippen molar-refractivity contribution in [2.45, 2.75) is 25.9 Å². The highest BCUT2D eigenvalue weighted by molar-refractivity contribution is 7.91. The average Bonchev–Trinajstić information content (AvgIpc) is 2.67. The number of aryl methyl sites for hydroxylation is 1. The maximum atomic E-state index is 11.3. The molecule has 1 heterocycles. The zero-order chi connectivity index (χ0) is 14.0. The highest BCUT2D eigenvalue weighted by Gasteiger charge is 2.27. The molecule has 0 aromatic heterocycles. The van der Waals surface area contributed by atoms with Gasteiger partial charge in [0, 0.05) is 18.2 Å². The molecule has 1 amide bonds. The van der Waals surface area contributed by atoms with E-state index in [4.69, 9.17) is 5.73 Å². The predicted molar refractivity (Wildman–Crippen MR) is 73.6 cm³/mol. The molecular formula is C13H18N2O3S. The van der Waals surface area contributed by atoms with Crippen LogP contribution in [0, 0.1) is 6.92 Å². The van der Waals surface area contributed by atoms with E-state index < -0.39 is 15.7 Å². The number of nitrogens with one attached hydrogen (secondary N) is 1. The van der Waals surface area contributed by atoms with Crippen molar-refractivity contribution in [2.24, 2.45) is 5.73 Å². The molecule has 2 rings (SSSR count). The summed E-state index contributed by atoms with van der Waals surface area (Å²) in [6, 6.07) is 5.33. The normalized spacial score (nSPS) is 21.4. The van der Waals surface area contributed by atoms with E-state index in [-0.39, 0.29) is 17.5 Å². The Hall–Kier alpha value is -1.40. The lowest BCUT2D eigenvalue weighted by Gasteiger charge is -2.12. The van der Waals surface area contributed by atoms with Gasteiger partial charge in [-0.25, -0.2) is 8.42 Å². The van der Waals surface area contributed by atoms with Gasteiger partial charge in [-0.1, -0.05) is 6.07 Å². The second-order valence-electron chi connectivity index (χ2n) is 4.99. The van der Waals surface area contributed by atoms with Crippen molar-refractivity contribution >= 4 is 15.7 Å². The second-order valence-corrected chi connectivity index (χ2v) is 7.22. The van der Waals surface area contributed by atoms with Gasteiger partial charge in [0.2, 0.25) is 5.91 Å². The van der Waals surface area contributed by atoms with Crippen molar-refractivity contribution in [3.63, 3.8) is 0 Å². The number of benzene rings is 1. The summed E-state index contributed by atoms with van der Waals surface area (Å²) in [4.78, 5) is 11.0. The summed E-state index contributed by atoms with van der Waals surface area (Å²) in [7, 11) is -2.85. The van der Waals surface area contributed by atoms with E-state index in [1.165, 1.54) is 0 Å². The van der Waals surface area contributed by atoms with E-state index in [9.17, 15) is 13.2 Å². The van der Waals surface area contributed by atoms with Crippen molar-refractivity contribution < 1.29 is 13.2 Å². The van der Waals surface area contributed by atoms with Gasteiger partial charge in [0.05, 0.1) is 11.5 Å². The molecule has 1 saturated heterocycles. The van der Waals surface area contributed by atoms with Crippen LogP contribution in [0.1, 0.15) is 27.9 Å². The Kier molecular flexibility index (Phi) is 3.91. The maximum Gasteiger partial charge on any atom is 0.248 e. The van der Waals surface area contributed by atoms with E-state index in [1.807, 2.05) is 13.0 Å². The van der Waals surface area contributed by atoms with Gasteiger partial charge in [-0.05, 0) is 36.6 Å². The predicted octanol–water partition coefficient (Wildman–Crippen LogP) is 0.371. The van der Waals surface area contributed by atoms with Crippen LogP contribution in [0.25, 0.3) is 0 Å². The monoisotopic (exact) mass is 282 g/mol. The van der Waals surface area contributed by atoms with Gasteiger partial charge < -0.3 is 11.1 Å². The molecule has 1 aromatic rings. The first-order valence-corrected chi connectivity index (χ1v) is 8.03. The van der Waals surface area contributed by atoms with Gasteiger partial charge in [-0.2, -0.15) is 0 Å². The minimum Gasteiger partial charge on any atom is -0.366 e. The van der Waals surface area contributed by atoms with E-state index in [1.54, 1.807) is 12.1 Å². The van der Waals surface area contributed by atoms with Gasteiger partial charge in [-0.3, -0.25) is 4.79 Å². The van der Waals surface area contributed by atoms with Crippen LogP contribution in [-0.2, 0) is 16.4 Å². The van der Waals surface area contributed by atoms with Crippen LogP contribution in [-0.4, -0.2) is 31.9 Å². The van der Waals surface area contributed by atoms with E-state index in [2.05, 4.69) is 5.32 Å². The summed E-state index contributed by atoms with van der Waals surface area (Å²) >= 11 is 0. The molecule has 0 bridgehead atoms. The Labute approximate surface area is 113 Å². The van der Waals surface area contributed by atoms with Crippen molar-refractivity contribution in [2.75, 3.05) is 11.5 Å². The Morgan fingerprint density at radius 1 is 1.47 bits per heavy atom. The molecule has 0 radical (unpaired) electrons. The minimum absolute atomic E-state index is 0.0280. The average molecular weight is 282 g/mol. The first-order chi connectivity index (χ1) is 8.87. The number of carbonyl (C=O) groups is 1. The number of carbonyl (C=O) groups excluding carboxylic acids is 1. The standard InChI is InChI=1S/C13H18N2O3S/c1-9-6-10(13(14)16)2-3-11(9)7-15-12-4-5-19(17,18)8-12/h2-3,6,12,15H,4-5,7-8H2,1H3,(H2,14,16). The third-order valence-corrected chi connectivity index (χ3v) is 5.21. The minimum atomic E-state index is -2.85. The zero-order valence-corrected chi connectivity index (χ0v) is 11.7. The molecule has 5 nitrogen and oxygen atoms in total. The van der Waals surface area contributed by atoms with Crippen LogP contribution in [0.2, 0.25) is 0 Å². The first kappa shape index (κ1) is 14.0. The largest absolute Gasteiger partial charge is 0.366 e. The molecule has 6 heteroatoms. The Bertz CT molecular complexity index is 596. The second kappa shape index (κ2) is 5.30. The lowest BCUT2D eigenvalue weighted by molar-refractivity contribution is 0.1000. The summed E-state index contributed by atoms with van der Waals surface area (Å²) < 4.78 is 22.7. The van der Waals surface area contributed by atoms with E-state index >= 15 is 0 Å². The number of nitrogens with two attached hydrogens (primary N) is 1. The van der Waals surface area contributed by atoms with Crippen molar-refractivity contribution in [3.8, 4) is 0 Å². The van der Waals surface area contributed by atoms with Gasteiger partial charge in [0.25, 0.3) is 0 Å². The number of hydrogen-bond donors (Lipinski definition) is 2. The summed E-state index contributed by atoms with van der Waals surface area (Å²) in [5.74, 6) is 0.0415. The van der Waals surface area contributed by atoms with Gasteiger partial charge in [-0.15, -0.1) is 0 Å². The summed E-state index contributed by atoms with van der Waals surface area (Å²) in [5, 5.41) is 3.25. The summed E-state index contributed by atoms with van der Waals surface area (Å²) in [6.07, 6.45) is 0.667. The van der Waals surface area contributed by atoms with Gasteiger partial charge in [0.15, 0.2) is 9.84 Å². The molecule has 1 atom stereocenters.